The number of nitrogens with one attached hydrogen (secondary N) is 4. The number of carbonyl (C=O) groups is 6. The molecule has 0 aromatic heterocycles. The van der Waals surface area contributed by atoms with Gasteiger partial charge in [0.25, 0.3) is 0 Å². The zero-order chi connectivity index (χ0) is 42.0. The molecule has 0 unspecified atom stereocenters. The molecule has 0 radical (unpaired) electrons. The van der Waals surface area contributed by atoms with Crippen LogP contribution in [0.4, 0.5) is 26.7 Å². The highest BCUT2D eigenvalue weighted by Crippen LogP contribution is 2.28. The van der Waals surface area contributed by atoms with Gasteiger partial charge in [-0.1, -0.05) is 63.2 Å². The topological polar surface area (TPSA) is 179 Å². The smallest absolute Gasteiger partial charge is 0.407 e. The van der Waals surface area contributed by atoms with Crippen molar-refractivity contribution >= 4 is 52.9 Å². The first-order chi connectivity index (χ1) is 27.7. The minimum Gasteiger partial charge on any atom is -0.453 e. The molecule has 4 atom stereocenters. The van der Waals surface area contributed by atoms with Crippen LogP contribution in [0.25, 0.3) is 0 Å². The molecule has 0 spiro atoms. The Hall–Kier alpha value is -6.12. The molecule has 0 bridgehead atoms. The number of hydrogen-bond donors (Lipinski definition) is 4. The van der Waals surface area contributed by atoms with E-state index in [0.29, 0.717) is 63.2 Å². The van der Waals surface area contributed by atoms with Gasteiger partial charge in [-0.2, -0.15) is 0 Å². The molecule has 15 heteroatoms. The van der Waals surface area contributed by atoms with Gasteiger partial charge in [0.2, 0.25) is 23.6 Å². The molecule has 0 aliphatic carbocycles. The lowest BCUT2D eigenvalue weighted by molar-refractivity contribution is -0.140. The Labute approximate surface area is 339 Å². The van der Waals surface area contributed by atoms with Crippen molar-refractivity contribution in [2.24, 2.45) is 5.41 Å². The predicted molar refractivity (Wildman–Crippen MR) is 220 cm³/mol. The number of amides is 6. The van der Waals surface area contributed by atoms with Crippen LogP contribution in [0.15, 0.2) is 78.9 Å². The average Bonchev–Trinajstić information content (AvgIpc) is 3.92. The van der Waals surface area contributed by atoms with E-state index in [9.17, 15) is 28.8 Å². The molecule has 4 N–H and O–H groups in total. The Balaban J connectivity index is 1.20. The number of alkyl carbamates (subject to hydrolysis) is 2. The zero-order valence-electron chi connectivity index (χ0n) is 34.1. The molecule has 15 nitrogen and oxygen atoms in total. The third kappa shape index (κ3) is 11.0. The number of rotatable bonds is 13. The Morgan fingerprint density at radius 3 is 1.57 bits per heavy atom. The van der Waals surface area contributed by atoms with Crippen LogP contribution in [0.2, 0.25) is 0 Å². The summed E-state index contributed by atoms with van der Waals surface area (Å²) in [5.41, 5.74) is 3.65. The number of anilines is 3. The molecular weight excluding hydrogens is 743 g/mol. The molecular formula is C43H55N7O8. The standard InChI is InChI=1S/C43H55N7O8/c1-28(44-41(55)57-5)39(53)49-24-10-14-34(49)37(51)45-31-20-16-29(17-21-31)26-48(33-12-8-7-9-13-33)27-30-18-22-32(23-19-30)46-38(52)35-15-11-25-50(35)40(54)36(43(2,3)4)47-42(56)58-6/h7-9,12-13,16-23,28,34-36H,10-11,14-15,24-27H2,1-6H3,(H,44,55)(H,45,51)(H,46,52)(H,47,56)/t28-,34+,35+,36-/m1/s1. The van der Waals surface area contributed by atoms with E-state index in [1.54, 1.807) is 11.8 Å². The van der Waals surface area contributed by atoms with Crippen LogP contribution < -0.4 is 26.2 Å². The quantitative estimate of drug-likeness (QED) is 0.179. The predicted octanol–water partition coefficient (Wildman–Crippen LogP) is 5.27. The largest absolute Gasteiger partial charge is 0.453 e. The maximum Gasteiger partial charge on any atom is 0.407 e. The number of benzene rings is 3. The second-order valence-corrected chi connectivity index (χ2v) is 15.7. The molecule has 3 aromatic carbocycles. The number of nitrogens with zero attached hydrogens (tertiary/aromatic N) is 3. The maximum atomic E-state index is 13.6. The fourth-order valence-corrected chi connectivity index (χ4v) is 7.30. The minimum atomic E-state index is -0.862. The first kappa shape index (κ1) is 43.0. The van der Waals surface area contributed by atoms with Gasteiger partial charge in [0, 0.05) is 43.2 Å². The number of ether oxygens (including phenoxy) is 2. The minimum absolute atomic E-state index is 0.286. The lowest BCUT2D eigenvalue weighted by Gasteiger charge is -2.35. The Kier molecular flexibility index (Phi) is 14.4. The van der Waals surface area contributed by atoms with Crippen LogP contribution in [0, 0.1) is 5.41 Å². The number of likely N-dealkylation sites (tertiary alicyclic amines) is 2. The third-order valence-electron chi connectivity index (χ3n) is 10.4. The summed E-state index contributed by atoms with van der Waals surface area (Å²) in [6.45, 7) is 9.09. The lowest BCUT2D eigenvalue weighted by atomic mass is 9.85. The molecule has 3 aromatic rings. The summed E-state index contributed by atoms with van der Waals surface area (Å²) in [7, 11) is 2.47. The monoisotopic (exact) mass is 797 g/mol. The van der Waals surface area contributed by atoms with Crippen LogP contribution in [0.3, 0.4) is 0 Å². The van der Waals surface area contributed by atoms with Crippen LogP contribution in [0.5, 0.6) is 0 Å². The fourth-order valence-electron chi connectivity index (χ4n) is 7.30. The van der Waals surface area contributed by atoms with Gasteiger partial charge >= 0.3 is 12.2 Å². The van der Waals surface area contributed by atoms with E-state index in [1.807, 2.05) is 99.6 Å². The molecule has 2 aliphatic heterocycles. The van der Waals surface area contributed by atoms with Gasteiger partial charge in [-0.25, -0.2) is 9.59 Å². The molecule has 2 fully saturated rings. The molecule has 6 amide bonds. The Morgan fingerprint density at radius 2 is 1.12 bits per heavy atom. The normalized spacial score (nSPS) is 17.4. The van der Waals surface area contributed by atoms with Gasteiger partial charge in [0.1, 0.15) is 24.2 Å². The van der Waals surface area contributed by atoms with Crippen LogP contribution in [-0.2, 0) is 41.7 Å². The highest BCUT2D eigenvalue weighted by Gasteiger charge is 2.42. The third-order valence-corrected chi connectivity index (χ3v) is 10.4. The first-order valence-corrected chi connectivity index (χ1v) is 19.6. The summed E-state index contributed by atoms with van der Waals surface area (Å²) in [6.07, 6.45) is 0.975. The van der Waals surface area contributed by atoms with Gasteiger partial charge in [0.15, 0.2) is 0 Å². The summed E-state index contributed by atoms with van der Waals surface area (Å²) in [6, 6.07) is 22.2. The summed E-state index contributed by atoms with van der Waals surface area (Å²) in [5.74, 6) is -1.24. The van der Waals surface area contributed by atoms with Crippen molar-refractivity contribution < 1.29 is 38.2 Å². The van der Waals surface area contributed by atoms with Gasteiger partial charge in [-0.15, -0.1) is 0 Å². The van der Waals surface area contributed by atoms with Crippen molar-refractivity contribution in [3.8, 4) is 0 Å². The first-order valence-electron chi connectivity index (χ1n) is 19.6. The second-order valence-electron chi connectivity index (χ2n) is 15.7. The molecule has 2 aliphatic rings. The second kappa shape index (κ2) is 19.4. The summed E-state index contributed by atoms with van der Waals surface area (Å²) >= 11 is 0. The van der Waals surface area contributed by atoms with Gasteiger partial charge in [0.05, 0.1) is 14.2 Å². The van der Waals surface area contributed by atoms with Crippen molar-refractivity contribution in [1.29, 1.82) is 0 Å². The number of carbonyl (C=O) groups excluding carboxylic acids is 6. The number of para-hydroxylation sites is 1. The maximum absolute atomic E-state index is 13.6. The van der Waals surface area contributed by atoms with E-state index in [4.69, 9.17) is 4.74 Å². The fraction of sp³-hybridized carbons (Fsp3) is 0.442. The number of methoxy groups -OCH3 is 2. The van der Waals surface area contributed by atoms with E-state index in [1.165, 1.54) is 19.1 Å². The van der Waals surface area contributed by atoms with Gasteiger partial charge in [-0.05, 0) is 85.5 Å². The van der Waals surface area contributed by atoms with Crippen molar-refractivity contribution in [2.45, 2.75) is 90.6 Å². The highest BCUT2D eigenvalue weighted by molar-refractivity contribution is 5.99. The molecule has 58 heavy (non-hydrogen) atoms. The van der Waals surface area contributed by atoms with E-state index < -0.39 is 41.8 Å². The van der Waals surface area contributed by atoms with E-state index >= 15 is 0 Å². The molecule has 2 saturated heterocycles. The van der Waals surface area contributed by atoms with E-state index in [0.717, 1.165) is 16.8 Å². The SMILES string of the molecule is COC(=O)N[C@H](C(=O)N1CCC[C@H]1C(=O)Nc1ccc(CN(Cc2ccc(NC(=O)[C@@H]3CCCN3C(=O)[C@@H](C)NC(=O)OC)cc2)c2ccccc2)cc1)C(C)(C)C. The summed E-state index contributed by atoms with van der Waals surface area (Å²) < 4.78 is 9.35. The zero-order valence-corrected chi connectivity index (χ0v) is 34.1. The van der Waals surface area contributed by atoms with Gasteiger partial charge in [-0.3, -0.25) is 19.2 Å². The van der Waals surface area contributed by atoms with Crippen molar-refractivity contribution in [2.75, 3.05) is 42.8 Å². The molecule has 310 valence electrons. The summed E-state index contributed by atoms with van der Waals surface area (Å²) in [4.78, 5) is 82.4. The van der Waals surface area contributed by atoms with Crippen LogP contribution >= 0.6 is 0 Å². The van der Waals surface area contributed by atoms with Gasteiger partial charge < -0.3 is 45.4 Å². The highest BCUT2D eigenvalue weighted by atomic mass is 16.5. The lowest BCUT2D eigenvalue weighted by Crippen LogP contribution is -2.57. The molecule has 0 saturated carbocycles. The average molecular weight is 798 g/mol. The summed E-state index contributed by atoms with van der Waals surface area (Å²) in [5, 5.41) is 11.0. The van der Waals surface area contributed by atoms with Crippen LogP contribution in [0.1, 0.15) is 64.5 Å². The Bertz CT molecular complexity index is 1920. The Morgan fingerprint density at radius 1 is 0.672 bits per heavy atom. The van der Waals surface area contributed by atoms with Crippen molar-refractivity contribution in [3.05, 3.63) is 90.0 Å². The van der Waals surface area contributed by atoms with Crippen molar-refractivity contribution in [1.82, 2.24) is 20.4 Å². The molecule has 2 heterocycles. The van der Waals surface area contributed by atoms with E-state index in [-0.39, 0.29) is 23.6 Å². The van der Waals surface area contributed by atoms with Crippen LogP contribution in [-0.4, -0.2) is 97.1 Å². The van der Waals surface area contributed by atoms with Crippen molar-refractivity contribution in [3.63, 3.8) is 0 Å². The van der Waals surface area contributed by atoms with E-state index in [2.05, 4.69) is 30.9 Å². The molecule has 5 rings (SSSR count). The number of hydrogen-bond acceptors (Lipinski definition) is 9.